The van der Waals surface area contributed by atoms with Gasteiger partial charge in [0.15, 0.2) is 0 Å². The summed E-state index contributed by atoms with van der Waals surface area (Å²) in [6.07, 6.45) is 1.93. The van der Waals surface area contributed by atoms with E-state index < -0.39 is 5.91 Å². The Morgan fingerprint density at radius 1 is 1.43 bits per heavy atom. The molecule has 0 radical (unpaired) electrons. The van der Waals surface area contributed by atoms with E-state index in [0.29, 0.717) is 17.7 Å². The molecule has 0 aromatic heterocycles. The van der Waals surface area contributed by atoms with Crippen LogP contribution in [0.15, 0.2) is 36.0 Å². The lowest BCUT2D eigenvalue weighted by Gasteiger charge is -2.12. The number of rotatable bonds is 6. The minimum atomic E-state index is -0.611. The highest BCUT2D eigenvalue weighted by atomic mass is 16.3. The van der Waals surface area contributed by atoms with E-state index in [4.69, 9.17) is 15.6 Å². The number of aliphatic hydroxyl groups excluding tert-OH is 1. The van der Waals surface area contributed by atoms with Gasteiger partial charge in [-0.3, -0.25) is 4.79 Å². The Labute approximate surface area is 123 Å². The molecule has 0 heterocycles. The maximum atomic E-state index is 12.0. The summed E-state index contributed by atoms with van der Waals surface area (Å²) in [5.74, 6) is -0.611. The van der Waals surface area contributed by atoms with Gasteiger partial charge in [0.05, 0.1) is 17.9 Å². The molecule has 1 rings (SSSR count). The van der Waals surface area contributed by atoms with Crippen molar-refractivity contribution in [3.05, 3.63) is 41.6 Å². The molecule has 21 heavy (non-hydrogen) atoms. The van der Waals surface area contributed by atoms with Crippen LogP contribution in [0.2, 0.25) is 0 Å². The Morgan fingerprint density at radius 3 is 2.71 bits per heavy atom. The molecule has 6 heteroatoms. The fourth-order valence-corrected chi connectivity index (χ4v) is 1.53. The topological polar surface area (TPSA) is 109 Å². The van der Waals surface area contributed by atoms with Crippen molar-refractivity contribution in [3.63, 3.8) is 0 Å². The average Bonchev–Trinajstić information content (AvgIpc) is 2.52. The molecule has 108 valence electrons. The molecule has 3 N–H and O–H groups in total. The molecule has 0 saturated carbocycles. The van der Waals surface area contributed by atoms with E-state index in [-0.39, 0.29) is 18.2 Å². The summed E-state index contributed by atoms with van der Waals surface area (Å²) in [6, 6.07) is 10.1. The molecule has 0 aliphatic carbocycles. The summed E-state index contributed by atoms with van der Waals surface area (Å²) in [6.45, 7) is 1.78. The van der Waals surface area contributed by atoms with Gasteiger partial charge in [-0.25, -0.2) is 0 Å². The van der Waals surface area contributed by atoms with Crippen LogP contribution in [0.5, 0.6) is 0 Å². The Balaban J connectivity index is 2.83. The first kappa shape index (κ1) is 16.2. The molecule has 1 aromatic carbocycles. The van der Waals surface area contributed by atoms with Crippen LogP contribution in [0.4, 0.5) is 5.69 Å². The summed E-state index contributed by atoms with van der Waals surface area (Å²) >= 11 is 0. The number of carbonyl (C=O) groups is 1. The average molecular weight is 284 g/mol. The molecule has 1 aromatic rings. The van der Waals surface area contributed by atoms with E-state index in [2.05, 4.69) is 10.6 Å². The largest absolute Gasteiger partial charge is 0.394 e. The normalized spacial score (nSPS) is 11.9. The van der Waals surface area contributed by atoms with Gasteiger partial charge in [0.25, 0.3) is 5.91 Å². The first-order chi connectivity index (χ1) is 10.2. The predicted octanol–water partition coefficient (Wildman–Crippen LogP) is 1.26. The van der Waals surface area contributed by atoms with E-state index in [1.165, 1.54) is 6.20 Å². The number of nitriles is 2. The van der Waals surface area contributed by atoms with E-state index in [1.807, 2.05) is 13.0 Å². The standard InChI is InChI=1S/C15H16N4O2/c1-2-13(10-20)18-9-12(8-17)15(21)19-14-6-4-3-5-11(14)7-16/h3-6,9,13,18,20H,2,10H2,1H3,(H,19,21)/b12-9-. The van der Waals surface area contributed by atoms with Gasteiger partial charge in [-0.2, -0.15) is 10.5 Å². The lowest BCUT2D eigenvalue weighted by atomic mass is 10.2. The number of benzene rings is 1. The van der Waals surface area contributed by atoms with Crippen LogP contribution in [0.25, 0.3) is 0 Å². The monoisotopic (exact) mass is 284 g/mol. The van der Waals surface area contributed by atoms with Gasteiger partial charge in [0, 0.05) is 12.2 Å². The van der Waals surface area contributed by atoms with Crippen molar-refractivity contribution < 1.29 is 9.90 Å². The van der Waals surface area contributed by atoms with Crippen molar-refractivity contribution in [1.29, 1.82) is 10.5 Å². The number of nitrogens with zero attached hydrogens (tertiary/aromatic N) is 2. The van der Waals surface area contributed by atoms with Crippen molar-refractivity contribution in [2.75, 3.05) is 11.9 Å². The Kier molecular flexibility index (Phi) is 6.46. The number of amides is 1. The van der Waals surface area contributed by atoms with Crippen molar-refractivity contribution in [1.82, 2.24) is 5.32 Å². The molecule has 1 atom stereocenters. The predicted molar refractivity (Wildman–Crippen MR) is 77.8 cm³/mol. The van der Waals surface area contributed by atoms with Crippen LogP contribution in [0.3, 0.4) is 0 Å². The zero-order valence-electron chi connectivity index (χ0n) is 11.6. The van der Waals surface area contributed by atoms with Crippen LogP contribution in [0, 0.1) is 22.7 Å². The number of carbonyl (C=O) groups excluding carboxylic acids is 1. The fraction of sp³-hybridized carbons (Fsp3) is 0.267. The van der Waals surface area contributed by atoms with Gasteiger partial charge in [-0.05, 0) is 18.6 Å². The highest BCUT2D eigenvalue weighted by Gasteiger charge is 2.12. The smallest absolute Gasteiger partial charge is 0.267 e. The Hall–Kier alpha value is -2.83. The molecule has 0 bridgehead atoms. The van der Waals surface area contributed by atoms with Gasteiger partial charge in [-0.1, -0.05) is 19.1 Å². The highest BCUT2D eigenvalue weighted by Crippen LogP contribution is 2.14. The van der Waals surface area contributed by atoms with Crippen LogP contribution in [-0.2, 0) is 4.79 Å². The molecule has 0 saturated heterocycles. The zero-order valence-corrected chi connectivity index (χ0v) is 11.6. The first-order valence-corrected chi connectivity index (χ1v) is 6.43. The van der Waals surface area contributed by atoms with Gasteiger partial charge < -0.3 is 15.7 Å². The van der Waals surface area contributed by atoms with Crippen LogP contribution >= 0.6 is 0 Å². The number of hydrogen-bond acceptors (Lipinski definition) is 5. The SMILES string of the molecule is CCC(CO)N/C=C(/C#N)C(=O)Nc1ccccc1C#N. The lowest BCUT2D eigenvalue weighted by molar-refractivity contribution is -0.112. The van der Waals surface area contributed by atoms with Crippen molar-refractivity contribution in [2.24, 2.45) is 0 Å². The summed E-state index contributed by atoms with van der Waals surface area (Å²) in [5.41, 5.74) is 0.535. The first-order valence-electron chi connectivity index (χ1n) is 6.43. The second-order valence-corrected chi connectivity index (χ2v) is 4.24. The Morgan fingerprint density at radius 2 is 2.14 bits per heavy atom. The second kappa shape index (κ2) is 8.36. The third-order valence-corrected chi connectivity index (χ3v) is 2.84. The van der Waals surface area contributed by atoms with Gasteiger partial charge >= 0.3 is 0 Å². The van der Waals surface area contributed by atoms with Crippen LogP contribution in [-0.4, -0.2) is 23.7 Å². The van der Waals surface area contributed by atoms with E-state index in [9.17, 15) is 4.79 Å². The van der Waals surface area contributed by atoms with Crippen LogP contribution < -0.4 is 10.6 Å². The highest BCUT2D eigenvalue weighted by molar-refractivity contribution is 6.07. The second-order valence-electron chi connectivity index (χ2n) is 4.24. The third-order valence-electron chi connectivity index (χ3n) is 2.84. The van der Waals surface area contributed by atoms with E-state index in [1.54, 1.807) is 30.3 Å². The number of aliphatic hydroxyl groups is 1. The molecule has 0 aliphatic heterocycles. The summed E-state index contributed by atoms with van der Waals surface area (Å²) < 4.78 is 0. The summed E-state index contributed by atoms with van der Waals surface area (Å²) in [5, 5.41) is 32.3. The molecular weight excluding hydrogens is 268 g/mol. The molecule has 0 aliphatic rings. The molecule has 1 amide bonds. The van der Waals surface area contributed by atoms with Crippen molar-refractivity contribution in [3.8, 4) is 12.1 Å². The number of hydrogen-bond donors (Lipinski definition) is 3. The number of nitrogens with one attached hydrogen (secondary N) is 2. The van der Waals surface area contributed by atoms with Gasteiger partial charge in [-0.15, -0.1) is 0 Å². The molecule has 1 unspecified atom stereocenters. The Bertz CT molecular complexity index is 607. The molecular formula is C15H16N4O2. The van der Waals surface area contributed by atoms with Gasteiger partial charge in [0.2, 0.25) is 0 Å². The summed E-state index contributed by atoms with van der Waals surface area (Å²) in [4.78, 5) is 12.0. The van der Waals surface area contributed by atoms with E-state index in [0.717, 1.165) is 0 Å². The maximum Gasteiger partial charge on any atom is 0.267 e. The molecule has 6 nitrogen and oxygen atoms in total. The van der Waals surface area contributed by atoms with Gasteiger partial charge in [0.1, 0.15) is 17.7 Å². The number of para-hydroxylation sites is 1. The fourth-order valence-electron chi connectivity index (χ4n) is 1.53. The molecule has 0 spiro atoms. The summed E-state index contributed by atoms with van der Waals surface area (Å²) in [7, 11) is 0. The van der Waals surface area contributed by atoms with Crippen molar-refractivity contribution in [2.45, 2.75) is 19.4 Å². The molecule has 0 fully saturated rings. The quantitative estimate of drug-likeness (QED) is 0.538. The number of anilines is 1. The van der Waals surface area contributed by atoms with E-state index >= 15 is 0 Å². The third kappa shape index (κ3) is 4.64. The maximum absolute atomic E-state index is 12.0. The minimum Gasteiger partial charge on any atom is -0.394 e. The zero-order chi connectivity index (χ0) is 15.7. The lowest BCUT2D eigenvalue weighted by Crippen LogP contribution is -2.28. The van der Waals surface area contributed by atoms with Crippen LogP contribution in [0.1, 0.15) is 18.9 Å². The minimum absolute atomic E-state index is 0.0927. The van der Waals surface area contributed by atoms with Crippen molar-refractivity contribution >= 4 is 11.6 Å².